The Hall–Kier alpha value is -3.22. The molecule has 0 bridgehead atoms. The van der Waals surface area contributed by atoms with Crippen molar-refractivity contribution in [3.63, 3.8) is 0 Å². The molecule has 7 heteroatoms. The zero-order chi connectivity index (χ0) is 17.7. The molecular formula is C18H17N5O2. The minimum absolute atomic E-state index is 0.165. The third-order valence-electron chi connectivity index (χ3n) is 4.22. The highest BCUT2D eigenvalue weighted by atomic mass is 16.5. The number of fused-ring (bicyclic) bond motifs is 3. The topological polar surface area (TPSA) is 74.3 Å². The number of nitrogens with zero attached hydrogens (tertiary/aromatic N) is 5. The third kappa shape index (κ3) is 2.27. The van der Waals surface area contributed by atoms with Gasteiger partial charge in [0.15, 0.2) is 0 Å². The van der Waals surface area contributed by atoms with Crippen LogP contribution in [0, 0.1) is 20.8 Å². The summed E-state index contributed by atoms with van der Waals surface area (Å²) in [5.41, 5.74) is 2.89. The van der Waals surface area contributed by atoms with Crippen LogP contribution < -0.4 is 10.3 Å². The maximum Gasteiger partial charge on any atom is 0.266 e. The molecule has 1 aromatic carbocycles. The van der Waals surface area contributed by atoms with Crippen LogP contribution in [0.3, 0.4) is 0 Å². The van der Waals surface area contributed by atoms with Crippen molar-refractivity contribution < 1.29 is 4.74 Å². The van der Waals surface area contributed by atoms with E-state index >= 15 is 0 Å². The van der Waals surface area contributed by atoms with Crippen LogP contribution in [0.4, 0.5) is 0 Å². The summed E-state index contributed by atoms with van der Waals surface area (Å²) >= 11 is 0. The summed E-state index contributed by atoms with van der Waals surface area (Å²) in [4.78, 5) is 21.9. The minimum Gasteiger partial charge on any atom is -0.495 e. The molecule has 0 radical (unpaired) electrons. The van der Waals surface area contributed by atoms with Gasteiger partial charge in [-0.3, -0.25) is 9.36 Å². The van der Waals surface area contributed by atoms with Gasteiger partial charge < -0.3 is 4.74 Å². The first kappa shape index (κ1) is 15.3. The molecule has 0 atom stereocenters. The van der Waals surface area contributed by atoms with Gasteiger partial charge in [0.25, 0.3) is 11.3 Å². The molecule has 3 aromatic heterocycles. The third-order valence-corrected chi connectivity index (χ3v) is 4.22. The quantitative estimate of drug-likeness (QED) is 0.562. The summed E-state index contributed by atoms with van der Waals surface area (Å²) < 4.78 is 8.61. The van der Waals surface area contributed by atoms with Crippen molar-refractivity contribution in [2.24, 2.45) is 0 Å². The molecule has 7 nitrogen and oxygen atoms in total. The zero-order valence-corrected chi connectivity index (χ0v) is 14.4. The first-order chi connectivity index (χ1) is 12.0. The van der Waals surface area contributed by atoms with Crippen molar-refractivity contribution in [2.75, 3.05) is 7.11 Å². The Labute approximate surface area is 143 Å². The highest BCUT2D eigenvalue weighted by Crippen LogP contribution is 2.24. The van der Waals surface area contributed by atoms with E-state index in [1.54, 1.807) is 29.3 Å². The molecule has 0 saturated carbocycles. The van der Waals surface area contributed by atoms with Gasteiger partial charge in [0, 0.05) is 6.20 Å². The second-order valence-electron chi connectivity index (χ2n) is 5.99. The first-order valence-electron chi connectivity index (χ1n) is 7.90. The summed E-state index contributed by atoms with van der Waals surface area (Å²) in [6.45, 7) is 5.59. The molecule has 25 heavy (non-hydrogen) atoms. The number of pyridine rings is 1. The van der Waals surface area contributed by atoms with Crippen molar-refractivity contribution in [1.29, 1.82) is 0 Å². The second kappa shape index (κ2) is 5.41. The Balaban J connectivity index is 2.10. The molecule has 0 aliphatic heterocycles. The first-order valence-corrected chi connectivity index (χ1v) is 7.90. The number of hydrogen-bond acceptors (Lipinski definition) is 5. The predicted octanol–water partition coefficient (Wildman–Crippen LogP) is 2.36. The number of aromatic nitrogens is 5. The molecule has 0 aliphatic rings. The lowest BCUT2D eigenvalue weighted by molar-refractivity contribution is 0.412. The number of rotatable bonds is 2. The van der Waals surface area contributed by atoms with Gasteiger partial charge in [-0.05, 0) is 44.5 Å². The van der Waals surface area contributed by atoms with E-state index in [-0.39, 0.29) is 5.56 Å². The van der Waals surface area contributed by atoms with E-state index in [1.165, 1.54) is 0 Å². The van der Waals surface area contributed by atoms with Crippen molar-refractivity contribution >= 4 is 16.7 Å². The Bertz CT molecular complexity index is 1190. The molecule has 3 heterocycles. The maximum atomic E-state index is 13.2. The van der Waals surface area contributed by atoms with Gasteiger partial charge >= 0.3 is 0 Å². The molecule has 0 aliphatic carbocycles. The molecule has 0 amide bonds. The van der Waals surface area contributed by atoms with E-state index in [9.17, 15) is 4.79 Å². The fourth-order valence-electron chi connectivity index (χ4n) is 3.06. The lowest BCUT2D eigenvalue weighted by atomic mass is 10.2. The van der Waals surface area contributed by atoms with E-state index < -0.39 is 0 Å². The number of hydrogen-bond donors (Lipinski definition) is 0. The fraction of sp³-hybridized carbons (Fsp3) is 0.222. The molecule has 126 valence electrons. The van der Waals surface area contributed by atoms with Crippen molar-refractivity contribution in [3.8, 4) is 11.4 Å². The van der Waals surface area contributed by atoms with E-state index in [0.29, 0.717) is 39.6 Å². The number of methoxy groups -OCH3 is 1. The summed E-state index contributed by atoms with van der Waals surface area (Å²) in [5.74, 6) is 1.74. The van der Waals surface area contributed by atoms with Crippen molar-refractivity contribution in [2.45, 2.75) is 20.8 Å². The van der Waals surface area contributed by atoms with Crippen LogP contribution in [0.2, 0.25) is 0 Å². The monoisotopic (exact) mass is 335 g/mol. The van der Waals surface area contributed by atoms with Gasteiger partial charge in [-0.1, -0.05) is 6.07 Å². The van der Waals surface area contributed by atoms with E-state index in [1.807, 2.05) is 38.1 Å². The smallest absolute Gasteiger partial charge is 0.266 e. The van der Waals surface area contributed by atoms with E-state index in [0.717, 1.165) is 5.56 Å². The number of ether oxygens (including phenoxy) is 1. The van der Waals surface area contributed by atoms with Gasteiger partial charge in [0.1, 0.15) is 11.6 Å². The standard InChI is InChI=1S/C18H17N5O2/c1-10-5-6-15(25-4)14(9-10)22-8-7-13-16(17(22)24)11(2)19-18-20-12(3)21-23(13)18/h5-9H,1-4H3. The van der Waals surface area contributed by atoms with Crippen LogP contribution in [0.1, 0.15) is 17.1 Å². The molecule has 0 spiro atoms. The number of aryl methyl sites for hydroxylation is 3. The lowest BCUT2D eigenvalue weighted by Gasteiger charge is -2.13. The van der Waals surface area contributed by atoms with E-state index in [2.05, 4.69) is 15.1 Å². The van der Waals surface area contributed by atoms with Crippen LogP contribution in [0.15, 0.2) is 35.3 Å². The molecule has 4 aromatic rings. The van der Waals surface area contributed by atoms with Crippen LogP contribution in [0.25, 0.3) is 22.4 Å². The average Bonchev–Trinajstić information content (AvgIpc) is 2.95. The van der Waals surface area contributed by atoms with Crippen LogP contribution in [0.5, 0.6) is 5.75 Å². The maximum absolute atomic E-state index is 13.2. The number of benzene rings is 1. The van der Waals surface area contributed by atoms with E-state index in [4.69, 9.17) is 4.74 Å². The van der Waals surface area contributed by atoms with Gasteiger partial charge in [0.05, 0.1) is 29.4 Å². The van der Waals surface area contributed by atoms with Crippen LogP contribution in [-0.4, -0.2) is 31.3 Å². The summed E-state index contributed by atoms with van der Waals surface area (Å²) in [7, 11) is 1.59. The SMILES string of the molecule is COc1ccc(C)cc1-n1ccc2c(c(C)nc3nc(C)nn32)c1=O. The highest BCUT2D eigenvalue weighted by Gasteiger charge is 2.15. The van der Waals surface area contributed by atoms with Crippen LogP contribution in [-0.2, 0) is 0 Å². The summed E-state index contributed by atoms with van der Waals surface area (Å²) in [5, 5.41) is 4.86. The Morgan fingerprint density at radius 1 is 1.08 bits per heavy atom. The second-order valence-corrected chi connectivity index (χ2v) is 5.99. The molecular weight excluding hydrogens is 318 g/mol. The van der Waals surface area contributed by atoms with Crippen LogP contribution >= 0.6 is 0 Å². The molecule has 0 saturated heterocycles. The zero-order valence-electron chi connectivity index (χ0n) is 14.4. The molecule has 0 fully saturated rings. The Kier molecular flexibility index (Phi) is 3.31. The normalized spacial score (nSPS) is 11.4. The largest absolute Gasteiger partial charge is 0.495 e. The molecule has 0 unspecified atom stereocenters. The van der Waals surface area contributed by atoms with Gasteiger partial charge in [-0.15, -0.1) is 5.10 Å². The highest BCUT2D eigenvalue weighted by molar-refractivity contribution is 5.82. The van der Waals surface area contributed by atoms with Gasteiger partial charge in [-0.2, -0.15) is 9.50 Å². The Morgan fingerprint density at radius 2 is 1.88 bits per heavy atom. The predicted molar refractivity (Wildman–Crippen MR) is 94.6 cm³/mol. The molecule has 0 N–H and O–H groups in total. The van der Waals surface area contributed by atoms with Crippen molar-refractivity contribution in [1.82, 2.24) is 24.1 Å². The summed E-state index contributed by atoms with van der Waals surface area (Å²) in [6.07, 6.45) is 1.73. The average molecular weight is 335 g/mol. The Morgan fingerprint density at radius 3 is 2.64 bits per heavy atom. The fourth-order valence-corrected chi connectivity index (χ4v) is 3.06. The van der Waals surface area contributed by atoms with Gasteiger partial charge in [-0.25, -0.2) is 4.98 Å². The lowest BCUT2D eigenvalue weighted by Crippen LogP contribution is -2.20. The van der Waals surface area contributed by atoms with Gasteiger partial charge in [0.2, 0.25) is 0 Å². The minimum atomic E-state index is -0.165. The summed E-state index contributed by atoms with van der Waals surface area (Å²) in [6, 6.07) is 7.58. The molecule has 4 rings (SSSR count). The van der Waals surface area contributed by atoms with Crippen molar-refractivity contribution in [3.05, 3.63) is 57.9 Å².